The quantitative estimate of drug-likeness (QED) is 0.105. The summed E-state index contributed by atoms with van der Waals surface area (Å²) in [7, 11) is 2.71. The number of phenols is 1. The maximum absolute atomic E-state index is 14.4. The number of hydrogen-bond donors (Lipinski definition) is 1. The fourth-order valence-electron chi connectivity index (χ4n) is 7.86. The van der Waals surface area contributed by atoms with E-state index in [9.17, 15) is 38.8 Å². The molecule has 2 aliphatic heterocycles. The second-order valence-electron chi connectivity index (χ2n) is 12.7. The topological polar surface area (TPSA) is 157 Å². The summed E-state index contributed by atoms with van der Waals surface area (Å²) in [6.45, 7) is 0. The zero-order valence-electron chi connectivity index (χ0n) is 26.9. The summed E-state index contributed by atoms with van der Waals surface area (Å²) in [5, 5.41) is 22.0. The molecular formula is C36H28Cl2FN3O9. The molecule has 3 aromatic carbocycles. The summed E-state index contributed by atoms with van der Waals surface area (Å²) < 4.78 is 24.5. The van der Waals surface area contributed by atoms with Gasteiger partial charge < -0.3 is 14.6 Å². The van der Waals surface area contributed by atoms with E-state index in [-0.39, 0.29) is 47.2 Å². The van der Waals surface area contributed by atoms with E-state index in [1.807, 2.05) is 0 Å². The van der Waals surface area contributed by atoms with Crippen molar-refractivity contribution in [2.45, 2.75) is 22.6 Å². The minimum atomic E-state index is -2.15. The number of imide groups is 2. The van der Waals surface area contributed by atoms with Crippen LogP contribution in [0.1, 0.15) is 18.4 Å². The van der Waals surface area contributed by atoms with E-state index in [0.29, 0.717) is 11.1 Å². The van der Waals surface area contributed by atoms with Crippen molar-refractivity contribution in [1.29, 1.82) is 0 Å². The Bertz CT molecular complexity index is 2080. The number of allylic oxidation sites excluding steroid dienone is 3. The molecule has 51 heavy (non-hydrogen) atoms. The number of carbonyl (C=O) groups excluding carboxylic acids is 4. The monoisotopic (exact) mass is 735 g/mol. The van der Waals surface area contributed by atoms with Gasteiger partial charge in [-0.25, -0.2) is 14.2 Å². The minimum absolute atomic E-state index is 0.0273. The Kier molecular flexibility index (Phi) is 8.18. The molecule has 6 unspecified atom stereocenters. The number of non-ortho nitro benzene ring substituents is 1. The van der Waals surface area contributed by atoms with Gasteiger partial charge in [0.1, 0.15) is 5.82 Å². The lowest BCUT2D eigenvalue weighted by Crippen LogP contribution is -2.60. The molecule has 0 spiro atoms. The highest BCUT2D eigenvalue weighted by Gasteiger charge is 2.76. The van der Waals surface area contributed by atoms with Gasteiger partial charge in [0.05, 0.1) is 42.4 Å². The first-order chi connectivity index (χ1) is 24.3. The Morgan fingerprint density at radius 2 is 1.59 bits per heavy atom. The molecule has 1 saturated carbocycles. The van der Waals surface area contributed by atoms with E-state index in [1.165, 1.54) is 56.7 Å². The SMILES string of the molecule is COc1cc(C=CC2C3=CCC4C(=O)N(c5cccc([N+](=O)[O-])c5)C(=O)C4C3CC3(Cl)C(=O)N(c4ccc(F)cc4)C(=O)C23Cl)cc(OC)c1O. The minimum Gasteiger partial charge on any atom is -0.502 e. The molecule has 3 fully saturated rings. The molecule has 7 rings (SSSR count). The number of nitro benzene ring substituents is 1. The molecule has 4 aliphatic rings. The van der Waals surface area contributed by atoms with Gasteiger partial charge in [0, 0.05) is 18.1 Å². The molecule has 2 heterocycles. The smallest absolute Gasteiger partial charge is 0.271 e. The first-order valence-electron chi connectivity index (χ1n) is 15.7. The molecule has 4 amide bonds. The van der Waals surface area contributed by atoms with Crippen LogP contribution in [0.25, 0.3) is 6.08 Å². The summed E-state index contributed by atoms with van der Waals surface area (Å²) in [5.74, 6) is -7.51. The number of carbonyl (C=O) groups is 4. The second kappa shape index (κ2) is 12.2. The molecule has 2 saturated heterocycles. The number of fused-ring (bicyclic) bond motifs is 4. The molecular weight excluding hydrogens is 708 g/mol. The van der Waals surface area contributed by atoms with Crippen molar-refractivity contribution >= 4 is 70.0 Å². The number of benzene rings is 3. The van der Waals surface area contributed by atoms with Gasteiger partial charge in [0.25, 0.3) is 17.5 Å². The van der Waals surface area contributed by atoms with Crippen molar-refractivity contribution in [2.24, 2.45) is 23.7 Å². The maximum Gasteiger partial charge on any atom is 0.271 e. The molecule has 12 nitrogen and oxygen atoms in total. The van der Waals surface area contributed by atoms with Gasteiger partial charge in [-0.1, -0.05) is 29.9 Å². The van der Waals surface area contributed by atoms with Crippen molar-refractivity contribution in [2.75, 3.05) is 24.0 Å². The van der Waals surface area contributed by atoms with Crippen LogP contribution >= 0.6 is 23.2 Å². The van der Waals surface area contributed by atoms with Gasteiger partial charge >= 0.3 is 0 Å². The molecule has 6 atom stereocenters. The molecule has 3 aromatic rings. The van der Waals surface area contributed by atoms with E-state index in [1.54, 1.807) is 18.2 Å². The van der Waals surface area contributed by atoms with Gasteiger partial charge in [-0.3, -0.25) is 29.3 Å². The Morgan fingerprint density at radius 3 is 2.22 bits per heavy atom. The highest BCUT2D eigenvalue weighted by Crippen LogP contribution is 2.63. The van der Waals surface area contributed by atoms with Crippen molar-refractivity contribution in [1.82, 2.24) is 0 Å². The number of methoxy groups -OCH3 is 2. The predicted octanol–water partition coefficient (Wildman–Crippen LogP) is 5.77. The van der Waals surface area contributed by atoms with Crippen LogP contribution in [0.4, 0.5) is 21.5 Å². The van der Waals surface area contributed by atoms with Crippen LogP contribution in [0.15, 0.2) is 78.4 Å². The standard InChI is InChI=1S/C36H28Cl2FN3O9/c1-50-27-14-18(15-28(51-2)30(27)43)6-13-26-23-11-12-24-29(32(45)40(31(24)44)21-4-3-5-22(16-21)42(48)49)25(23)17-35(37)33(46)41(34(47)36(26,35)38)20-9-7-19(39)8-10-20/h3-11,13-16,24-26,29,43H,12,17H2,1-2H3. The third kappa shape index (κ3) is 4.93. The molecule has 0 radical (unpaired) electrons. The molecule has 1 N–H and O–H groups in total. The van der Waals surface area contributed by atoms with Crippen molar-refractivity contribution in [3.05, 3.63) is 99.9 Å². The van der Waals surface area contributed by atoms with Gasteiger partial charge in [-0.05, 0) is 66.8 Å². The van der Waals surface area contributed by atoms with Crippen LogP contribution < -0.4 is 19.3 Å². The number of ether oxygens (including phenoxy) is 2. The second-order valence-corrected chi connectivity index (χ2v) is 14.0. The van der Waals surface area contributed by atoms with Crippen LogP contribution in [0, 0.1) is 39.6 Å². The number of nitro groups is 1. The van der Waals surface area contributed by atoms with E-state index in [0.717, 1.165) is 28.0 Å². The molecule has 15 heteroatoms. The van der Waals surface area contributed by atoms with Gasteiger partial charge in [0.15, 0.2) is 21.2 Å². The molecule has 262 valence electrons. The zero-order chi connectivity index (χ0) is 36.6. The number of alkyl halides is 2. The highest BCUT2D eigenvalue weighted by molar-refractivity contribution is 6.58. The average molecular weight is 737 g/mol. The number of anilines is 2. The van der Waals surface area contributed by atoms with E-state index >= 15 is 0 Å². The lowest BCUT2D eigenvalue weighted by molar-refractivity contribution is -0.384. The first-order valence-corrected chi connectivity index (χ1v) is 16.5. The first kappa shape index (κ1) is 34.2. The number of rotatable bonds is 7. The van der Waals surface area contributed by atoms with Crippen molar-refractivity contribution in [3.63, 3.8) is 0 Å². The number of halogens is 3. The lowest BCUT2D eigenvalue weighted by atomic mass is 9.57. The van der Waals surface area contributed by atoms with Crippen molar-refractivity contribution in [3.8, 4) is 17.2 Å². The summed E-state index contributed by atoms with van der Waals surface area (Å²) in [6.07, 6.45) is 4.66. The van der Waals surface area contributed by atoms with Crippen LogP contribution in [-0.4, -0.2) is 57.6 Å². The number of hydrogen-bond acceptors (Lipinski definition) is 9. The average Bonchev–Trinajstić information content (AvgIpc) is 3.46. The number of nitrogens with zero attached hydrogens (tertiary/aromatic N) is 3. The highest BCUT2D eigenvalue weighted by atomic mass is 35.5. The summed E-state index contributed by atoms with van der Waals surface area (Å²) in [6, 6.07) is 12.9. The largest absolute Gasteiger partial charge is 0.502 e. The summed E-state index contributed by atoms with van der Waals surface area (Å²) in [4.78, 5) is 65.2. The summed E-state index contributed by atoms with van der Waals surface area (Å²) >= 11 is 14.7. The molecule has 0 bridgehead atoms. The van der Waals surface area contributed by atoms with E-state index < -0.39 is 67.8 Å². The third-order valence-corrected chi connectivity index (χ3v) is 11.7. The number of amides is 4. The van der Waals surface area contributed by atoms with E-state index in [4.69, 9.17) is 32.7 Å². The van der Waals surface area contributed by atoms with Crippen LogP contribution in [-0.2, 0) is 19.2 Å². The maximum atomic E-state index is 14.4. The van der Waals surface area contributed by atoms with Crippen LogP contribution in [0.5, 0.6) is 17.2 Å². The van der Waals surface area contributed by atoms with Crippen molar-refractivity contribution < 1.29 is 43.1 Å². The Morgan fingerprint density at radius 1 is 0.922 bits per heavy atom. The van der Waals surface area contributed by atoms with Crippen LogP contribution in [0.3, 0.4) is 0 Å². The van der Waals surface area contributed by atoms with Gasteiger partial charge in [-0.2, -0.15) is 0 Å². The molecule has 0 aromatic heterocycles. The van der Waals surface area contributed by atoms with E-state index in [2.05, 4.69) is 0 Å². The van der Waals surface area contributed by atoms with Crippen LogP contribution in [0.2, 0.25) is 0 Å². The fourth-order valence-corrected chi connectivity index (χ4v) is 8.75. The van der Waals surface area contributed by atoms with Gasteiger partial charge in [-0.15, -0.1) is 23.2 Å². The van der Waals surface area contributed by atoms with Gasteiger partial charge in [0.2, 0.25) is 17.6 Å². The predicted molar refractivity (Wildman–Crippen MR) is 183 cm³/mol. The zero-order valence-corrected chi connectivity index (χ0v) is 28.4. The Balaban J connectivity index is 1.36. The number of aromatic hydroxyl groups is 1. The fraction of sp³-hybridized carbons (Fsp3) is 0.278. The normalized spacial score (nSPS) is 28.5. The molecule has 2 aliphatic carbocycles. The Labute approximate surface area is 299 Å². The number of phenolic OH excluding ortho intramolecular Hbond substituents is 1. The Hall–Kier alpha value is -5.27. The third-order valence-electron chi connectivity index (χ3n) is 10.2. The summed E-state index contributed by atoms with van der Waals surface area (Å²) in [5.41, 5.74) is 0.708. The lowest BCUT2D eigenvalue weighted by Gasteiger charge is -2.49.